The van der Waals surface area contributed by atoms with Gasteiger partial charge < -0.3 is 14.7 Å². The van der Waals surface area contributed by atoms with Gasteiger partial charge in [-0.3, -0.25) is 14.6 Å². The molecular formula is C22H18N2O4S. The summed E-state index contributed by atoms with van der Waals surface area (Å²) in [6.45, 7) is 0.274. The molecule has 0 radical (unpaired) electrons. The third-order valence-corrected chi connectivity index (χ3v) is 5.65. The lowest BCUT2D eigenvalue weighted by molar-refractivity contribution is -0.140. The van der Waals surface area contributed by atoms with E-state index in [1.807, 2.05) is 17.5 Å². The van der Waals surface area contributed by atoms with Gasteiger partial charge >= 0.3 is 0 Å². The van der Waals surface area contributed by atoms with E-state index in [4.69, 9.17) is 4.74 Å². The third kappa shape index (κ3) is 3.52. The van der Waals surface area contributed by atoms with Crippen LogP contribution in [-0.4, -0.2) is 33.8 Å². The number of hydrogen-bond donors (Lipinski definition) is 1. The first-order valence-corrected chi connectivity index (χ1v) is 9.83. The number of benzene rings is 1. The Bertz CT molecular complexity index is 1080. The van der Waals surface area contributed by atoms with Crippen LogP contribution in [0.15, 0.2) is 71.9 Å². The Morgan fingerprint density at radius 3 is 2.76 bits per heavy atom. The third-order valence-electron chi connectivity index (χ3n) is 4.79. The second-order valence-electron chi connectivity index (χ2n) is 6.52. The largest absolute Gasteiger partial charge is 0.507 e. The average molecular weight is 406 g/mol. The standard InChI is InChI=1S/C22H18N2O4S/c1-28-16-7-2-5-14(11-16)20(25)18-19(15-6-3-9-23-12-15)24(22(27)21(18)26)13-17-8-4-10-29-17/h2-12,19,25H,13H2,1H3/b20-18-. The molecule has 0 saturated carbocycles. The number of ketones is 1. The maximum atomic E-state index is 12.9. The van der Waals surface area contributed by atoms with Gasteiger partial charge in [0, 0.05) is 22.8 Å². The number of ether oxygens (including phenoxy) is 1. The molecule has 0 spiro atoms. The maximum Gasteiger partial charge on any atom is 0.295 e. The minimum Gasteiger partial charge on any atom is -0.507 e. The van der Waals surface area contributed by atoms with Gasteiger partial charge in [0.25, 0.3) is 11.7 Å². The van der Waals surface area contributed by atoms with Gasteiger partial charge in [-0.25, -0.2) is 0 Å². The van der Waals surface area contributed by atoms with Gasteiger partial charge in [-0.15, -0.1) is 11.3 Å². The molecule has 0 bridgehead atoms. The predicted molar refractivity (Wildman–Crippen MR) is 109 cm³/mol. The molecule has 1 aliphatic rings. The van der Waals surface area contributed by atoms with Gasteiger partial charge in [0.05, 0.1) is 25.3 Å². The van der Waals surface area contributed by atoms with Crippen LogP contribution >= 0.6 is 11.3 Å². The van der Waals surface area contributed by atoms with Crippen LogP contribution in [0.2, 0.25) is 0 Å². The number of nitrogens with zero attached hydrogens (tertiary/aromatic N) is 2. The Labute approximate surface area is 171 Å². The number of hydrogen-bond acceptors (Lipinski definition) is 6. The van der Waals surface area contributed by atoms with Crippen molar-refractivity contribution in [3.63, 3.8) is 0 Å². The van der Waals surface area contributed by atoms with E-state index in [2.05, 4.69) is 4.98 Å². The summed E-state index contributed by atoms with van der Waals surface area (Å²) in [7, 11) is 1.52. The number of methoxy groups -OCH3 is 1. The quantitative estimate of drug-likeness (QED) is 0.396. The molecule has 1 amide bonds. The highest BCUT2D eigenvalue weighted by molar-refractivity contribution is 7.09. The van der Waals surface area contributed by atoms with Crippen LogP contribution in [0.1, 0.15) is 22.0 Å². The predicted octanol–water partition coefficient (Wildman–Crippen LogP) is 3.77. The molecule has 4 rings (SSSR count). The van der Waals surface area contributed by atoms with E-state index >= 15 is 0 Å². The van der Waals surface area contributed by atoms with Crippen molar-refractivity contribution in [2.75, 3.05) is 7.11 Å². The van der Waals surface area contributed by atoms with Crippen LogP contribution in [0, 0.1) is 0 Å². The Morgan fingerprint density at radius 2 is 2.07 bits per heavy atom. The van der Waals surface area contributed by atoms with Crippen LogP contribution in [0.5, 0.6) is 5.75 Å². The van der Waals surface area contributed by atoms with Crippen LogP contribution in [-0.2, 0) is 16.1 Å². The summed E-state index contributed by atoms with van der Waals surface area (Å²) in [4.78, 5) is 32.4. The van der Waals surface area contributed by atoms with Crippen LogP contribution in [0.25, 0.3) is 5.76 Å². The van der Waals surface area contributed by atoms with Gasteiger partial charge in [0.1, 0.15) is 11.5 Å². The summed E-state index contributed by atoms with van der Waals surface area (Å²) in [5.74, 6) is -1.04. The van der Waals surface area contributed by atoms with Gasteiger partial charge in [0.15, 0.2) is 0 Å². The molecule has 0 aliphatic carbocycles. The lowest BCUT2D eigenvalue weighted by atomic mass is 9.96. The average Bonchev–Trinajstić information content (AvgIpc) is 3.36. The number of amides is 1. The number of aliphatic hydroxyl groups excluding tert-OH is 1. The van der Waals surface area contributed by atoms with E-state index < -0.39 is 17.7 Å². The zero-order chi connectivity index (χ0) is 20.4. The van der Waals surface area contributed by atoms with E-state index in [0.717, 1.165) is 4.88 Å². The fraction of sp³-hybridized carbons (Fsp3) is 0.136. The second kappa shape index (κ2) is 7.89. The molecule has 1 aromatic carbocycles. The van der Waals surface area contributed by atoms with Crippen molar-refractivity contribution in [2.24, 2.45) is 0 Å². The molecular weight excluding hydrogens is 388 g/mol. The number of carbonyl (C=O) groups excluding carboxylic acids is 2. The summed E-state index contributed by atoms with van der Waals surface area (Å²) in [5.41, 5.74) is 1.12. The number of carbonyl (C=O) groups is 2. The highest BCUT2D eigenvalue weighted by atomic mass is 32.1. The molecule has 1 atom stereocenters. The number of pyridine rings is 1. The molecule has 6 nitrogen and oxygen atoms in total. The monoisotopic (exact) mass is 406 g/mol. The van der Waals surface area contributed by atoms with Crippen molar-refractivity contribution in [2.45, 2.75) is 12.6 Å². The van der Waals surface area contributed by atoms with E-state index in [0.29, 0.717) is 16.9 Å². The number of likely N-dealkylation sites (tertiary alicyclic amines) is 1. The van der Waals surface area contributed by atoms with Crippen LogP contribution < -0.4 is 4.74 Å². The Morgan fingerprint density at radius 1 is 1.21 bits per heavy atom. The highest BCUT2D eigenvalue weighted by Crippen LogP contribution is 2.40. The van der Waals surface area contributed by atoms with Crippen LogP contribution in [0.3, 0.4) is 0 Å². The van der Waals surface area contributed by atoms with E-state index in [9.17, 15) is 14.7 Å². The first-order chi connectivity index (χ1) is 14.1. The van der Waals surface area contributed by atoms with Crippen molar-refractivity contribution in [3.8, 4) is 5.75 Å². The topological polar surface area (TPSA) is 79.7 Å². The lowest BCUT2D eigenvalue weighted by Gasteiger charge is -2.24. The molecule has 29 heavy (non-hydrogen) atoms. The first-order valence-electron chi connectivity index (χ1n) is 8.95. The molecule has 1 N–H and O–H groups in total. The fourth-order valence-corrected chi connectivity index (χ4v) is 4.13. The number of aromatic nitrogens is 1. The maximum absolute atomic E-state index is 12.9. The number of Topliss-reactive ketones (excluding diaryl/α,β-unsaturated/α-hetero) is 1. The Hall–Kier alpha value is -3.45. The second-order valence-corrected chi connectivity index (χ2v) is 7.56. The summed E-state index contributed by atoms with van der Waals surface area (Å²) in [5, 5.41) is 12.9. The summed E-state index contributed by atoms with van der Waals surface area (Å²) in [6.07, 6.45) is 3.23. The minimum atomic E-state index is -0.725. The normalized spacial score (nSPS) is 18.2. The van der Waals surface area contributed by atoms with E-state index in [1.165, 1.54) is 23.3 Å². The van der Waals surface area contributed by atoms with Crippen molar-refractivity contribution in [3.05, 3.63) is 87.9 Å². The fourth-order valence-electron chi connectivity index (χ4n) is 3.42. The molecule has 2 aromatic heterocycles. The van der Waals surface area contributed by atoms with Crippen LogP contribution in [0.4, 0.5) is 0 Å². The van der Waals surface area contributed by atoms with Crippen molar-refractivity contribution >= 4 is 28.8 Å². The van der Waals surface area contributed by atoms with Gasteiger partial charge in [-0.05, 0) is 35.2 Å². The first kappa shape index (κ1) is 18.9. The van der Waals surface area contributed by atoms with Crippen molar-refractivity contribution < 1.29 is 19.4 Å². The molecule has 3 heterocycles. The van der Waals surface area contributed by atoms with Gasteiger partial charge in [0.2, 0.25) is 0 Å². The van der Waals surface area contributed by atoms with Crippen molar-refractivity contribution in [1.82, 2.24) is 9.88 Å². The van der Waals surface area contributed by atoms with E-state index in [1.54, 1.807) is 48.8 Å². The summed E-state index contributed by atoms with van der Waals surface area (Å²) in [6, 6.07) is 13.4. The molecule has 1 unspecified atom stereocenters. The highest BCUT2D eigenvalue weighted by Gasteiger charge is 2.46. The zero-order valence-electron chi connectivity index (χ0n) is 15.6. The molecule has 3 aromatic rings. The lowest BCUT2D eigenvalue weighted by Crippen LogP contribution is -2.28. The molecule has 1 saturated heterocycles. The molecule has 1 fully saturated rings. The number of rotatable bonds is 5. The summed E-state index contributed by atoms with van der Waals surface area (Å²) < 4.78 is 5.21. The van der Waals surface area contributed by atoms with E-state index in [-0.39, 0.29) is 17.9 Å². The molecule has 1 aliphatic heterocycles. The SMILES string of the molecule is COc1cccc(/C(O)=C2/C(=O)C(=O)N(Cc3cccs3)C2c2cccnc2)c1. The Balaban J connectivity index is 1.86. The number of aliphatic hydroxyl groups is 1. The Kier molecular flexibility index (Phi) is 5.14. The van der Waals surface area contributed by atoms with Gasteiger partial charge in [-0.1, -0.05) is 24.3 Å². The summed E-state index contributed by atoms with van der Waals surface area (Å²) >= 11 is 1.51. The molecule has 146 valence electrons. The molecule has 7 heteroatoms. The minimum absolute atomic E-state index is 0.0489. The smallest absolute Gasteiger partial charge is 0.295 e. The number of thiophene rings is 1. The zero-order valence-corrected chi connectivity index (χ0v) is 16.4. The van der Waals surface area contributed by atoms with Gasteiger partial charge in [-0.2, -0.15) is 0 Å². The van der Waals surface area contributed by atoms with Crippen molar-refractivity contribution in [1.29, 1.82) is 0 Å².